The summed E-state index contributed by atoms with van der Waals surface area (Å²) in [5, 5.41) is 1.75. The van der Waals surface area contributed by atoms with Crippen LogP contribution in [0.3, 0.4) is 0 Å². The minimum absolute atomic E-state index is 0.527. The van der Waals surface area contributed by atoms with E-state index in [9.17, 15) is 0 Å². The van der Waals surface area contributed by atoms with Crippen LogP contribution >= 0.6 is 23.4 Å². The fourth-order valence-electron chi connectivity index (χ4n) is 2.12. The minimum Gasteiger partial charge on any atom is -0.352 e. The predicted octanol–water partition coefficient (Wildman–Crippen LogP) is 3.08. The van der Waals surface area contributed by atoms with Crippen molar-refractivity contribution in [1.29, 1.82) is 0 Å². The molecule has 0 bridgehead atoms. The van der Waals surface area contributed by atoms with Crippen LogP contribution in [0, 0.1) is 13.8 Å². The van der Waals surface area contributed by atoms with Crippen molar-refractivity contribution in [3.05, 3.63) is 16.5 Å². The summed E-state index contributed by atoms with van der Waals surface area (Å²) in [5.74, 6) is 0.841. The molecule has 0 N–H and O–H groups in total. The molecule has 17 heavy (non-hydrogen) atoms. The Morgan fingerprint density at radius 1 is 1.12 bits per heavy atom. The molecule has 2 atom stereocenters. The molecule has 94 valence electrons. The van der Waals surface area contributed by atoms with Crippen molar-refractivity contribution < 1.29 is 0 Å². The second-order valence-electron chi connectivity index (χ2n) is 4.67. The maximum atomic E-state index is 6.21. The molecule has 1 aliphatic rings. The van der Waals surface area contributed by atoms with E-state index in [0.717, 1.165) is 30.3 Å². The van der Waals surface area contributed by atoms with Gasteiger partial charge in [0, 0.05) is 23.6 Å². The summed E-state index contributed by atoms with van der Waals surface area (Å²) < 4.78 is 0. The highest BCUT2D eigenvalue weighted by atomic mass is 35.5. The fourth-order valence-corrected chi connectivity index (χ4v) is 3.73. The second kappa shape index (κ2) is 5.02. The normalized spacial score (nSPS) is 25.1. The Labute approximate surface area is 112 Å². The molecule has 1 aromatic heterocycles. The number of thioether (sulfide) groups is 1. The molecule has 2 heterocycles. The van der Waals surface area contributed by atoms with E-state index in [4.69, 9.17) is 11.6 Å². The molecule has 1 fully saturated rings. The van der Waals surface area contributed by atoms with Crippen molar-refractivity contribution in [3.63, 3.8) is 0 Å². The minimum atomic E-state index is 0.527. The molecular formula is C12H18ClN3S. The smallest absolute Gasteiger partial charge is 0.171 e. The molecular weight excluding hydrogens is 254 g/mol. The Morgan fingerprint density at radius 2 is 1.65 bits per heavy atom. The van der Waals surface area contributed by atoms with Gasteiger partial charge in [-0.1, -0.05) is 25.4 Å². The van der Waals surface area contributed by atoms with Gasteiger partial charge in [0.25, 0.3) is 0 Å². The lowest BCUT2D eigenvalue weighted by Gasteiger charge is -2.35. The molecule has 0 radical (unpaired) electrons. The summed E-state index contributed by atoms with van der Waals surface area (Å²) in [4.78, 5) is 11.2. The summed E-state index contributed by atoms with van der Waals surface area (Å²) in [6.45, 7) is 10.4. The van der Waals surface area contributed by atoms with E-state index in [0.29, 0.717) is 15.7 Å². The van der Waals surface area contributed by atoms with Crippen molar-refractivity contribution in [1.82, 2.24) is 9.97 Å². The van der Waals surface area contributed by atoms with Gasteiger partial charge >= 0.3 is 0 Å². The Kier molecular flexibility index (Phi) is 3.83. The molecule has 0 aliphatic carbocycles. The summed E-state index contributed by atoms with van der Waals surface area (Å²) in [6, 6.07) is 0. The summed E-state index contributed by atoms with van der Waals surface area (Å²) >= 11 is 8.23. The van der Waals surface area contributed by atoms with E-state index >= 15 is 0 Å². The third-order valence-corrected chi connectivity index (χ3v) is 4.45. The lowest BCUT2D eigenvalue weighted by atomic mass is 10.3. The third-order valence-electron chi connectivity index (χ3n) is 2.97. The van der Waals surface area contributed by atoms with E-state index in [1.54, 1.807) is 0 Å². The molecule has 0 saturated carbocycles. The van der Waals surface area contributed by atoms with Gasteiger partial charge < -0.3 is 4.90 Å². The van der Waals surface area contributed by atoms with Gasteiger partial charge in [-0.25, -0.2) is 9.97 Å². The Morgan fingerprint density at radius 3 is 2.24 bits per heavy atom. The average Bonchev–Trinajstić information content (AvgIpc) is 2.22. The number of hydrogen-bond donors (Lipinski definition) is 0. The van der Waals surface area contributed by atoms with Crippen LogP contribution in [0.4, 0.5) is 5.82 Å². The maximum Gasteiger partial charge on any atom is 0.171 e. The number of halogens is 1. The molecule has 1 aromatic rings. The number of aromatic nitrogens is 2. The van der Waals surface area contributed by atoms with E-state index in [1.807, 2.05) is 25.6 Å². The fraction of sp³-hybridized carbons (Fsp3) is 0.667. The standard InChI is InChI=1S/C12H18ClN3S/c1-7-5-16(6-8(2)17-7)12-11(13)14-9(3)10(4)15-12/h7-8H,5-6H2,1-4H3. The Bertz CT molecular complexity index is 414. The van der Waals surface area contributed by atoms with Gasteiger partial charge in [0.15, 0.2) is 11.0 Å². The molecule has 1 aliphatic heterocycles. The first kappa shape index (κ1) is 13.0. The largest absolute Gasteiger partial charge is 0.352 e. The zero-order valence-electron chi connectivity index (χ0n) is 10.7. The van der Waals surface area contributed by atoms with Crippen LogP contribution in [0.5, 0.6) is 0 Å². The van der Waals surface area contributed by atoms with Crippen LogP contribution in [-0.2, 0) is 0 Å². The molecule has 3 nitrogen and oxygen atoms in total. The van der Waals surface area contributed by atoms with Gasteiger partial charge in [0.2, 0.25) is 0 Å². The van der Waals surface area contributed by atoms with Crippen LogP contribution < -0.4 is 4.90 Å². The van der Waals surface area contributed by atoms with Crippen molar-refractivity contribution in [2.75, 3.05) is 18.0 Å². The molecule has 1 saturated heterocycles. The number of aryl methyl sites for hydroxylation is 2. The summed E-state index contributed by atoms with van der Waals surface area (Å²) in [5.41, 5.74) is 1.87. The molecule has 2 unspecified atom stereocenters. The highest BCUT2D eigenvalue weighted by Gasteiger charge is 2.25. The van der Waals surface area contributed by atoms with Gasteiger partial charge in [0.05, 0.1) is 11.4 Å². The quantitative estimate of drug-likeness (QED) is 0.785. The lowest BCUT2D eigenvalue weighted by molar-refractivity contribution is 0.714. The van der Waals surface area contributed by atoms with Gasteiger partial charge in [-0.3, -0.25) is 0 Å². The van der Waals surface area contributed by atoms with Crippen molar-refractivity contribution >= 4 is 29.2 Å². The highest BCUT2D eigenvalue weighted by Crippen LogP contribution is 2.30. The average molecular weight is 272 g/mol. The van der Waals surface area contributed by atoms with Crippen LogP contribution in [0.2, 0.25) is 5.15 Å². The van der Waals surface area contributed by atoms with Crippen LogP contribution in [0.1, 0.15) is 25.2 Å². The molecule has 5 heteroatoms. The topological polar surface area (TPSA) is 29.0 Å². The van der Waals surface area contributed by atoms with E-state index in [-0.39, 0.29) is 0 Å². The zero-order valence-corrected chi connectivity index (χ0v) is 12.3. The number of nitrogens with zero attached hydrogens (tertiary/aromatic N) is 3. The van der Waals surface area contributed by atoms with Gasteiger partial charge in [-0.2, -0.15) is 11.8 Å². The second-order valence-corrected chi connectivity index (χ2v) is 6.91. The van der Waals surface area contributed by atoms with E-state index in [2.05, 4.69) is 28.7 Å². The van der Waals surface area contributed by atoms with E-state index < -0.39 is 0 Å². The summed E-state index contributed by atoms with van der Waals surface area (Å²) in [6.07, 6.45) is 0. The number of hydrogen-bond acceptors (Lipinski definition) is 4. The third kappa shape index (κ3) is 2.86. The molecule has 0 spiro atoms. The van der Waals surface area contributed by atoms with Crippen LogP contribution in [-0.4, -0.2) is 33.6 Å². The van der Waals surface area contributed by atoms with Gasteiger partial charge in [-0.05, 0) is 13.8 Å². The molecule has 0 amide bonds. The number of rotatable bonds is 1. The van der Waals surface area contributed by atoms with Crippen molar-refractivity contribution in [2.45, 2.75) is 38.2 Å². The first-order valence-corrected chi connectivity index (χ1v) is 7.20. The molecule has 2 rings (SSSR count). The lowest BCUT2D eigenvalue weighted by Crippen LogP contribution is -2.41. The van der Waals surface area contributed by atoms with E-state index in [1.165, 1.54) is 0 Å². The zero-order chi connectivity index (χ0) is 12.6. The van der Waals surface area contributed by atoms with Crippen molar-refractivity contribution in [2.24, 2.45) is 0 Å². The monoisotopic (exact) mass is 271 g/mol. The Balaban J connectivity index is 2.30. The predicted molar refractivity (Wildman–Crippen MR) is 75.2 cm³/mol. The van der Waals surface area contributed by atoms with Crippen molar-refractivity contribution in [3.8, 4) is 0 Å². The summed E-state index contributed by atoms with van der Waals surface area (Å²) in [7, 11) is 0. The number of anilines is 1. The maximum absolute atomic E-state index is 6.21. The van der Waals surface area contributed by atoms with Gasteiger partial charge in [-0.15, -0.1) is 0 Å². The molecule has 0 aromatic carbocycles. The van der Waals surface area contributed by atoms with Gasteiger partial charge in [0.1, 0.15) is 0 Å². The first-order valence-electron chi connectivity index (χ1n) is 5.88. The first-order chi connectivity index (χ1) is 7.97. The highest BCUT2D eigenvalue weighted by molar-refractivity contribution is 8.00. The van der Waals surface area contributed by atoms with Crippen LogP contribution in [0.25, 0.3) is 0 Å². The van der Waals surface area contributed by atoms with Crippen LogP contribution in [0.15, 0.2) is 0 Å². The SMILES string of the molecule is Cc1nc(Cl)c(N2CC(C)SC(C)C2)nc1C. The Hall–Kier alpha value is -0.480.